The molecule has 0 saturated carbocycles. The lowest BCUT2D eigenvalue weighted by Gasteiger charge is -2.06. The highest BCUT2D eigenvalue weighted by molar-refractivity contribution is 6.04. The van der Waals surface area contributed by atoms with Crippen molar-refractivity contribution < 1.29 is 23.5 Å². The second-order valence-corrected chi connectivity index (χ2v) is 6.41. The van der Waals surface area contributed by atoms with Crippen LogP contribution in [0.2, 0.25) is 0 Å². The SMILES string of the molecule is O=C(Nc1ccc(-c2oc(-c3ccccc3)nc2C(=O)O)cc1)c1ccc(F)cc1. The first-order valence-electron chi connectivity index (χ1n) is 8.98. The molecule has 2 N–H and O–H groups in total. The zero-order valence-electron chi connectivity index (χ0n) is 15.5. The van der Waals surface area contributed by atoms with Crippen molar-refractivity contribution in [3.05, 3.63) is 95.9 Å². The Balaban J connectivity index is 1.59. The molecule has 0 radical (unpaired) electrons. The Kier molecular flexibility index (Phi) is 5.09. The monoisotopic (exact) mass is 402 g/mol. The molecule has 1 heterocycles. The molecule has 0 fully saturated rings. The Hall–Kier alpha value is -4.26. The van der Waals surface area contributed by atoms with Crippen LogP contribution in [0.5, 0.6) is 0 Å². The van der Waals surface area contributed by atoms with Gasteiger partial charge in [0.25, 0.3) is 5.91 Å². The topological polar surface area (TPSA) is 92.4 Å². The number of aromatic carboxylic acids is 1. The first-order valence-corrected chi connectivity index (χ1v) is 8.98. The van der Waals surface area contributed by atoms with Gasteiger partial charge < -0.3 is 14.8 Å². The molecule has 1 amide bonds. The predicted octanol–water partition coefficient (Wildman–Crippen LogP) is 5.10. The molecule has 6 nitrogen and oxygen atoms in total. The first-order chi connectivity index (χ1) is 14.5. The number of benzene rings is 3. The fraction of sp³-hybridized carbons (Fsp3) is 0. The minimum atomic E-state index is -1.20. The number of nitrogens with one attached hydrogen (secondary N) is 1. The minimum Gasteiger partial charge on any atom is -0.476 e. The van der Waals surface area contributed by atoms with Crippen molar-refractivity contribution in [1.82, 2.24) is 4.98 Å². The van der Waals surface area contributed by atoms with Gasteiger partial charge in [-0.3, -0.25) is 4.79 Å². The average molecular weight is 402 g/mol. The number of hydrogen-bond acceptors (Lipinski definition) is 4. The Morgan fingerprint density at radius 1 is 0.867 bits per heavy atom. The molecule has 0 atom stereocenters. The van der Waals surface area contributed by atoms with E-state index in [4.69, 9.17) is 4.42 Å². The van der Waals surface area contributed by atoms with Crippen LogP contribution in [0.1, 0.15) is 20.8 Å². The summed E-state index contributed by atoms with van der Waals surface area (Å²) in [5, 5.41) is 12.2. The number of rotatable bonds is 5. The number of halogens is 1. The average Bonchev–Trinajstić information content (AvgIpc) is 3.21. The quantitative estimate of drug-likeness (QED) is 0.485. The van der Waals surface area contributed by atoms with Crippen LogP contribution in [0.25, 0.3) is 22.8 Å². The van der Waals surface area contributed by atoms with Gasteiger partial charge in [0.1, 0.15) is 5.82 Å². The molecular formula is C23H15FN2O4. The maximum atomic E-state index is 13.0. The second kappa shape index (κ2) is 8.00. The maximum Gasteiger partial charge on any atom is 0.358 e. The van der Waals surface area contributed by atoms with Gasteiger partial charge in [-0.25, -0.2) is 14.2 Å². The second-order valence-electron chi connectivity index (χ2n) is 6.41. The molecule has 0 saturated heterocycles. The number of aromatic nitrogens is 1. The van der Waals surface area contributed by atoms with E-state index in [-0.39, 0.29) is 23.3 Å². The van der Waals surface area contributed by atoms with Crippen molar-refractivity contribution in [2.24, 2.45) is 0 Å². The molecule has 0 aliphatic carbocycles. The molecule has 4 aromatic rings. The van der Waals surface area contributed by atoms with Crippen molar-refractivity contribution in [2.45, 2.75) is 0 Å². The van der Waals surface area contributed by atoms with E-state index < -0.39 is 11.8 Å². The highest BCUT2D eigenvalue weighted by Crippen LogP contribution is 2.30. The normalized spacial score (nSPS) is 10.6. The van der Waals surface area contributed by atoms with Gasteiger partial charge in [-0.05, 0) is 60.7 Å². The number of oxazole rings is 1. The first kappa shape index (κ1) is 19.1. The van der Waals surface area contributed by atoms with Crippen molar-refractivity contribution in [1.29, 1.82) is 0 Å². The van der Waals surface area contributed by atoms with Crippen LogP contribution < -0.4 is 5.32 Å². The van der Waals surface area contributed by atoms with E-state index in [0.29, 0.717) is 22.4 Å². The third-order valence-electron chi connectivity index (χ3n) is 4.36. The van der Waals surface area contributed by atoms with E-state index in [1.54, 1.807) is 48.5 Å². The number of carbonyl (C=O) groups is 2. The van der Waals surface area contributed by atoms with Gasteiger partial charge in [-0.2, -0.15) is 0 Å². The minimum absolute atomic E-state index is 0.123. The molecule has 0 aliphatic heterocycles. The summed E-state index contributed by atoms with van der Waals surface area (Å²) in [5.74, 6) is -1.69. The fourth-order valence-corrected chi connectivity index (χ4v) is 2.87. The van der Waals surface area contributed by atoms with E-state index in [9.17, 15) is 19.1 Å². The van der Waals surface area contributed by atoms with Gasteiger partial charge >= 0.3 is 5.97 Å². The molecule has 0 bridgehead atoms. The standard InChI is InChI=1S/C23H15FN2O4/c24-17-10-6-15(7-11-17)21(27)25-18-12-8-14(9-13-18)20-19(23(28)29)26-22(30-20)16-4-2-1-3-5-16/h1-13H,(H,25,27)(H,28,29). The summed E-state index contributed by atoms with van der Waals surface area (Å²) in [7, 11) is 0. The molecular weight excluding hydrogens is 387 g/mol. The highest BCUT2D eigenvalue weighted by Gasteiger charge is 2.21. The van der Waals surface area contributed by atoms with Gasteiger partial charge in [0.15, 0.2) is 11.5 Å². The van der Waals surface area contributed by atoms with Crippen LogP contribution in [0, 0.1) is 5.82 Å². The van der Waals surface area contributed by atoms with Crippen LogP contribution in [-0.4, -0.2) is 22.0 Å². The Bertz CT molecular complexity index is 1200. The zero-order chi connectivity index (χ0) is 21.1. The van der Waals surface area contributed by atoms with Gasteiger partial charge in [-0.1, -0.05) is 18.2 Å². The number of carbonyl (C=O) groups excluding carboxylic acids is 1. The number of amides is 1. The van der Waals surface area contributed by atoms with Crippen LogP contribution in [-0.2, 0) is 0 Å². The summed E-state index contributed by atoms with van der Waals surface area (Å²) >= 11 is 0. The van der Waals surface area contributed by atoms with Gasteiger partial charge in [0, 0.05) is 22.4 Å². The van der Waals surface area contributed by atoms with Gasteiger partial charge in [0.05, 0.1) is 0 Å². The summed E-state index contributed by atoms with van der Waals surface area (Å²) in [4.78, 5) is 28.0. The third kappa shape index (κ3) is 3.95. The van der Waals surface area contributed by atoms with Gasteiger partial charge in [0.2, 0.25) is 5.89 Å². The lowest BCUT2D eigenvalue weighted by molar-refractivity contribution is 0.0691. The predicted molar refractivity (Wildman–Crippen MR) is 109 cm³/mol. The highest BCUT2D eigenvalue weighted by atomic mass is 19.1. The van der Waals surface area contributed by atoms with Crippen LogP contribution in [0.3, 0.4) is 0 Å². The van der Waals surface area contributed by atoms with E-state index >= 15 is 0 Å². The lowest BCUT2D eigenvalue weighted by atomic mass is 10.1. The molecule has 7 heteroatoms. The smallest absolute Gasteiger partial charge is 0.358 e. The number of carboxylic acid groups (broad SMARTS) is 1. The molecule has 0 unspecified atom stereocenters. The molecule has 148 valence electrons. The summed E-state index contributed by atoms with van der Waals surface area (Å²) in [6.45, 7) is 0. The molecule has 3 aromatic carbocycles. The summed E-state index contributed by atoms with van der Waals surface area (Å²) in [6, 6.07) is 20.7. The van der Waals surface area contributed by atoms with Crippen molar-refractivity contribution in [2.75, 3.05) is 5.32 Å². The van der Waals surface area contributed by atoms with Crippen molar-refractivity contribution in [3.63, 3.8) is 0 Å². The van der Waals surface area contributed by atoms with Gasteiger partial charge in [-0.15, -0.1) is 0 Å². The lowest BCUT2D eigenvalue weighted by Crippen LogP contribution is -2.11. The fourth-order valence-electron chi connectivity index (χ4n) is 2.87. The van der Waals surface area contributed by atoms with Crippen LogP contribution >= 0.6 is 0 Å². The number of anilines is 1. The number of carboxylic acids is 1. The Morgan fingerprint density at radius 2 is 1.53 bits per heavy atom. The summed E-state index contributed by atoms with van der Waals surface area (Å²) in [5.41, 5.74) is 1.78. The Morgan fingerprint density at radius 3 is 2.17 bits per heavy atom. The summed E-state index contributed by atoms with van der Waals surface area (Å²) in [6.07, 6.45) is 0. The van der Waals surface area contributed by atoms with E-state index in [0.717, 1.165) is 0 Å². The Labute approximate surface area is 170 Å². The number of hydrogen-bond donors (Lipinski definition) is 2. The number of nitrogens with zero attached hydrogens (tertiary/aromatic N) is 1. The van der Waals surface area contributed by atoms with Crippen LogP contribution in [0.4, 0.5) is 10.1 Å². The molecule has 4 rings (SSSR count). The molecule has 1 aromatic heterocycles. The van der Waals surface area contributed by atoms with E-state index in [1.165, 1.54) is 24.3 Å². The molecule has 0 aliphatic rings. The van der Waals surface area contributed by atoms with Crippen molar-refractivity contribution in [3.8, 4) is 22.8 Å². The summed E-state index contributed by atoms with van der Waals surface area (Å²) < 4.78 is 18.7. The van der Waals surface area contributed by atoms with Crippen LogP contribution in [0.15, 0.2) is 83.3 Å². The molecule has 0 spiro atoms. The van der Waals surface area contributed by atoms with E-state index in [2.05, 4.69) is 10.3 Å². The van der Waals surface area contributed by atoms with E-state index in [1.807, 2.05) is 6.07 Å². The van der Waals surface area contributed by atoms with Crippen molar-refractivity contribution >= 4 is 17.6 Å². The zero-order valence-corrected chi connectivity index (χ0v) is 15.5. The maximum absolute atomic E-state index is 13.0. The molecule has 30 heavy (non-hydrogen) atoms. The largest absolute Gasteiger partial charge is 0.476 e. The third-order valence-corrected chi connectivity index (χ3v) is 4.36.